The molecule has 0 saturated carbocycles. The molecular formula is C39H46FN5O5S. The standard InChI is InChI=1S/C39H46FN5O5S/c1-24(36(47)50-6)19-25-9-7-10-27(20-25)39(4)15-8-14-38(2,3)23-51(48,49)18-13-29-28-12-17-41-31(28)22-30(40)33(29)34(46)26-11-16-42-32(21-26)35-43-37(39)44-45(35)5/h7,9-12,16-17,20-22,24,34,41,46H,8,13-15,18-19,23H2,1-6H3/t24-,34?,39+/m0/s1. The number of aliphatic hydroxyl groups is 1. The molecule has 1 aliphatic rings. The van der Waals surface area contributed by atoms with Crippen molar-refractivity contribution in [3.8, 4) is 11.5 Å². The number of hydrogen-bond donors (Lipinski definition) is 2. The molecule has 1 unspecified atom stereocenters. The van der Waals surface area contributed by atoms with Crippen LogP contribution in [-0.2, 0) is 44.7 Å². The highest BCUT2D eigenvalue weighted by molar-refractivity contribution is 7.91. The Kier molecular flexibility index (Phi) is 9.95. The number of aliphatic hydroxyl groups excluding tert-OH is 1. The van der Waals surface area contributed by atoms with Crippen molar-refractivity contribution in [3.05, 3.63) is 100 Å². The van der Waals surface area contributed by atoms with Gasteiger partial charge in [0.2, 0.25) is 0 Å². The van der Waals surface area contributed by atoms with E-state index in [1.807, 2.05) is 39.0 Å². The zero-order valence-electron chi connectivity index (χ0n) is 30.0. The highest BCUT2D eigenvalue weighted by Gasteiger charge is 2.36. The van der Waals surface area contributed by atoms with Gasteiger partial charge in [-0.1, -0.05) is 51.5 Å². The third kappa shape index (κ3) is 7.48. The number of methoxy groups -OCH3 is 1. The molecule has 0 saturated heterocycles. The number of carbonyl (C=O) groups excluding carboxylic acids is 1. The number of aromatic amines is 1. The monoisotopic (exact) mass is 715 g/mol. The van der Waals surface area contributed by atoms with Crippen molar-refractivity contribution < 1.29 is 27.4 Å². The summed E-state index contributed by atoms with van der Waals surface area (Å²) in [4.78, 5) is 24.9. The van der Waals surface area contributed by atoms with Crippen LogP contribution < -0.4 is 0 Å². The lowest BCUT2D eigenvalue weighted by Gasteiger charge is -2.31. The molecule has 4 bridgehead atoms. The van der Waals surface area contributed by atoms with Gasteiger partial charge < -0.3 is 14.8 Å². The lowest BCUT2D eigenvalue weighted by Crippen LogP contribution is -2.29. The Balaban J connectivity index is 1.49. The van der Waals surface area contributed by atoms with Gasteiger partial charge in [0.15, 0.2) is 21.5 Å². The van der Waals surface area contributed by atoms with Gasteiger partial charge in [-0.15, -0.1) is 0 Å². The van der Waals surface area contributed by atoms with Gasteiger partial charge in [0.25, 0.3) is 0 Å². The summed E-state index contributed by atoms with van der Waals surface area (Å²) in [7, 11) is -0.406. The van der Waals surface area contributed by atoms with Crippen molar-refractivity contribution in [2.24, 2.45) is 18.4 Å². The predicted octanol–water partition coefficient (Wildman–Crippen LogP) is 6.40. The Morgan fingerprint density at radius 3 is 2.71 bits per heavy atom. The van der Waals surface area contributed by atoms with Gasteiger partial charge >= 0.3 is 5.97 Å². The lowest BCUT2D eigenvalue weighted by molar-refractivity contribution is -0.144. The zero-order chi connectivity index (χ0) is 36.7. The molecule has 10 nitrogen and oxygen atoms in total. The van der Waals surface area contributed by atoms with E-state index in [1.165, 1.54) is 13.2 Å². The largest absolute Gasteiger partial charge is 0.469 e. The smallest absolute Gasteiger partial charge is 0.308 e. The van der Waals surface area contributed by atoms with Crippen molar-refractivity contribution in [2.75, 3.05) is 18.6 Å². The zero-order valence-corrected chi connectivity index (χ0v) is 30.8. The van der Waals surface area contributed by atoms with Crippen LogP contribution >= 0.6 is 0 Å². The molecule has 51 heavy (non-hydrogen) atoms. The number of sulfone groups is 1. The maximum absolute atomic E-state index is 15.9. The molecule has 0 aliphatic carbocycles. The quantitative estimate of drug-likeness (QED) is 0.204. The van der Waals surface area contributed by atoms with E-state index in [2.05, 4.69) is 23.0 Å². The first kappa shape index (κ1) is 36.4. The van der Waals surface area contributed by atoms with Crippen LogP contribution in [0.5, 0.6) is 0 Å². The van der Waals surface area contributed by atoms with Gasteiger partial charge in [0.05, 0.1) is 29.9 Å². The molecule has 2 N–H and O–H groups in total. The number of carbonyl (C=O) groups is 1. The fourth-order valence-electron chi connectivity index (χ4n) is 7.55. The Morgan fingerprint density at radius 2 is 1.94 bits per heavy atom. The average Bonchev–Trinajstić information content (AvgIpc) is 3.72. The van der Waals surface area contributed by atoms with Crippen LogP contribution in [0, 0.1) is 17.2 Å². The molecule has 3 aromatic heterocycles. The number of rotatable bonds is 4. The van der Waals surface area contributed by atoms with Gasteiger partial charge in [-0.2, -0.15) is 5.10 Å². The number of esters is 1. The van der Waals surface area contributed by atoms with Crippen molar-refractivity contribution in [3.63, 3.8) is 0 Å². The summed E-state index contributed by atoms with van der Waals surface area (Å²) in [6.45, 7) is 7.86. The van der Waals surface area contributed by atoms with E-state index in [1.54, 1.807) is 42.3 Å². The SMILES string of the molecule is COC(=O)[C@@H](C)Cc1cccc([C@@]2(C)CCCC(C)(C)CS(=O)(=O)CCc3c(c(F)cc4[nH]ccc34)C(O)c3ccnc(c3)-c3nc2nn3C)c1. The van der Waals surface area contributed by atoms with Crippen LogP contribution in [0.1, 0.15) is 86.7 Å². The molecule has 5 aromatic rings. The molecule has 12 heteroatoms. The van der Waals surface area contributed by atoms with E-state index < -0.39 is 32.6 Å². The molecule has 0 amide bonds. The number of aryl methyl sites for hydroxylation is 2. The number of fused-ring (bicyclic) bond motifs is 8. The molecule has 3 atom stereocenters. The van der Waals surface area contributed by atoms with Crippen molar-refractivity contribution in [1.29, 1.82) is 0 Å². The van der Waals surface area contributed by atoms with Gasteiger partial charge in [-0.3, -0.25) is 9.78 Å². The number of nitrogens with zero attached hydrogens (tertiary/aromatic N) is 4. The van der Waals surface area contributed by atoms with Crippen molar-refractivity contribution in [2.45, 2.75) is 71.3 Å². The maximum Gasteiger partial charge on any atom is 0.308 e. The van der Waals surface area contributed by atoms with E-state index in [0.717, 1.165) is 11.1 Å². The molecule has 0 spiro atoms. The van der Waals surface area contributed by atoms with Crippen LogP contribution in [0.2, 0.25) is 0 Å². The highest BCUT2D eigenvalue weighted by atomic mass is 32.2. The average molecular weight is 716 g/mol. The number of H-pyrrole nitrogens is 1. The number of ether oxygens (including phenoxy) is 1. The van der Waals surface area contributed by atoms with Crippen LogP contribution in [0.3, 0.4) is 0 Å². The minimum atomic E-state index is -3.59. The van der Waals surface area contributed by atoms with E-state index in [4.69, 9.17) is 14.8 Å². The van der Waals surface area contributed by atoms with E-state index in [0.29, 0.717) is 65.1 Å². The van der Waals surface area contributed by atoms with Gasteiger partial charge in [-0.05, 0) is 84.5 Å². The summed E-state index contributed by atoms with van der Waals surface area (Å²) < 4.78 is 49.9. The second-order valence-electron chi connectivity index (χ2n) is 15.0. The first-order chi connectivity index (χ1) is 24.1. The number of nitrogens with one attached hydrogen (secondary N) is 1. The van der Waals surface area contributed by atoms with Crippen LogP contribution in [0.25, 0.3) is 22.4 Å². The highest BCUT2D eigenvalue weighted by Crippen LogP contribution is 2.40. The minimum absolute atomic E-state index is 0.0409. The Hall–Kier alpha value is -4.42. The summed E-state index contributed by atoms with van der Waals surface area (Å²) in [6.07, 6.45) is 4.31. The number of aromatic nitrogens is 5. The fraction of sp³-hybridized carbons (Fsp3) is 0.436. The van der Waals surface area contributed by atoms with Crippen LogP contribution in [0.4, 0.5) is 4.39 Å². The lowest BCUT2D eigenvalue weighted by atomic mass is 9.75. The summed E-state index contributed by atoms with van der Waals surface area (Å²) in [5.41, 5.74) is 2.57. The minimum Gasteiger partial charge on any atom is -0.469 e. The molecular weight excluding hydrogens is 670 g/mol. The number of hydrogen-bond acceptors (Lipinski definition) is 8. The second kappa shape index (κ2) is 14.0. The van der Waals surface area contributed by atoms with E-state index >= 15 is 4.39 Å². The second-order valence-corrected chi connectivity index (χ2v) is 17.2. The number of pyridine rings is 1. The molecule has 1 aliphatic heterocycles. The fourth-order valence-corrected chi connectivity index (χ4v) is 9.55. The Labute approximate surface area is 298 Å². The molecule has 4 heterocycles. The van der Waals surface area contributed by atoms with Crippen LogP contribution in [0.15, 0.2) is 60.9 Å². The number of halogens is 1. The van der Waals surface area contributed by atoms with E-state index in [9.17, 15) is 18.3 Å². The summed E-state index contributed by atoms with van der Waals surface area (Å²) in [6, 6.07) is 14.5. The van der Waals surface area contributed by atoms with Crippen molar-refractivity contribution >= 4 is 26.7 Å². The van der Waals surface area contributed by atoms with Gasteiger partial charge in [0, 0.05) is 35.9 Å². The summed E-state index contributed by atoms with van der Waals surface area (Å²) in [5, 5.41) is 17.4. The maximum atomic E-state index is 15.9. The van der Waals surface area contributed by atoms with E-state index in [-0.39, 0.29) is 35.4 Å². The first-order valence-corrected chi connectivity index (χ1v) is 19.1. The topological polar surface area (TPSA) is 140 Å². The summed E-state index contributed by atoms with van der Waals surface area (Å²) >= 11 is 0. The van der Waals surface area contributed by atoms with Gasteiger partial charge in [0.1, 0.15) is 17.6 Å². The molecule has 6 rings (SSSR count). The van der Waals surface area contributed by atoms with Gasteiger partial charge in [-0.25, -0.2) is 22.5 Å². The molecule has 270 valence electrons. The normalized spacial score (nSPS) is 21.3. The molecule has 2 aromatic carbocycles. The Morgan fingerprint density at radius 1 is 1.16 bits per heavy atom. The van der Waals surface area contributed by atoms with Crippen molar-refractivity contribution in [1.82, 2.24) is 24.7 Å². The first-order valence-electron chi connectivity index (χ1n) is 17.3. The third-order valence-electron chi connectivity index (χ3n) is 10.3. The van der Waals surface area contributed by atoms with Crippen LogP contribution in [-0.4, -0.2) is 62.8 Å². The molecule has 0 fully saturated rings. The third-order valence-corrected chi connectivity index (χ3v) is 12.4. The molecule has 0 radical (unpaired) electrons. The summed E-state index contributed by atoms with van der Waals surface area (Å²) in [5.74, 6) is -0.416. The Bertz CT molecular complexity index is 2190. The predicted molar refractivity (Wildman–Crippen MR) is 194 cm³/mol. The number of benzene rings is 2.